The highest BCUT2D eigenvalue weighted by molar-refractivity contribution is 5.69. The Hall–Kier alpha value is -3.13. The first-order chi connectivity index (χ1) is 13.0. The van der Waals surface area contributed by atoms with Gasteiger partial charge in [0.15, 0.2) is 17.6 Å². The van der Waals surface area contributed by atoms with Crippen molar-refractivity contribution in [2.75, 3.05) is 13.2 Å². The standard InChI is InChI=1S/C22H22O5/c1-3-4-17(12-22(23)24)16-6-8-18(9-7-16)25-13-19-14-26-20-10-5-15(2)11-21(20)27-19/h5-11,17,19H,12-14H2,1-2H3,(H,23,24)/t17?,19-/m0/s1. The van der Waals surface area contributed by atoms with Crippen molar-refractivity contribution in [1.29, 1.82) is 0 Å². The van der Waals surface area contributed by atoms with Crippen molar-refractivity contribution in [2.24, 2.45) is 0 Å². The van der Waals surface area contributed by atoms with Gasteiger partial charge in [-0.1, -0.05) is 24.1 Å². The van der Waals surface area contributed by atoms with Crippen LogP contribution < -0.4 is 14.2 Å². The molecule has 2 aromatic rings. The summed E-state index contributed by atoms with van der Waals surface area (Å²) in [6, 6.07) is 13.2. The second-order valence-electron chi connectivity index (χ2n) is 6.43. The second-order valence-corrected chi connectivity index (χ2v) is 6.43. The van der Waals surface area contributed by atoms with Crippen molar-refractivity contribution < 1.29 is 24.1 Å². The highest BCUT2D eigenvalue weighted by Gasteiger charge is 2.21. The molecule has 0 bridgehead atoms. The number of hydrogen-bond donors (Lipinski definition) is 1. The van der Waals surface area contributed by atoms with E-state index in [1.165, 1.54) is 0 Å². The van der Waals surface area contributed by atoms with Crippen LogP contribution in [0.5, 0.6) is 17.2 Å². The lowest BCUT2D eigenvalue weighted by Gasteiger charge is -2.26. The quantitative estimate of drug-likeness (QED) is 0.788. The van der Waals surface area contributed by atoms with Gasteiger partial charge >= 0.3 is 5.97 Å². The molecule has 0 spiro atoms. The van der Waals surface area contributed by atoms with E-state index in [0.717, 1.165) is 22.6 Å². The summed E-state index contributed by atoms with van der Waals surface area (Å²) in [7, 11) is 0. The monoisotopic (exact) mass is 366 g/mol. The predicted molar refractivity (Wildman–Crippen MR) is 101 cm³/mol. The molecule has 1 aliphatic rings. The molecule has 5 nitrogen and oxygen atoms in total. The maximum Gasteiger partial charge on any atom is 0.304 e. The van der Waals surface area contributed by atoms with Gasteiger partial charge in [0.2, 0.25) is 0 Å². The normalized spacial score (nSPS) is 16.0. The fourth-order valence-corrected chi connectivity index (χ4v) is 2.89. The Morgan fingerprint density at radius 2 is 2.04 bits per heavy atom. The minimum Gasteiger partial charge on any atom is -0.490 e. The van der Waals surface area contributed by atoms with Crippen molar-refractivity contribution >= 4 is 5.97 Å². The lowest BCUT2D eigenvalue weighted by Crippen LogP contribution is -2.34. The number of aliphatic carboxylic acids is 1. The zero-order valence-electron chi connectivity index (χ0n) is 15.4. The smallest absolute Gasteiger partial charge is 0.304 e. The maximum atomic E-state index is 11.0. The van der Waals surface area contributed by atoms with Crippen LogP contribution in [0.1, 0.15) is 30.4 Å². The summed E-state index contributed by atoms with van der Waals surface area (Å²) in [4.78, 5) is 11.0. The van der Waals surface area contributed by atoms with Crippen LogP contribution in [0.2, 0.25) is 0 Å². The van der Waals surface area contributed by atoms with Gasteiger partial charge in [-0.15, -0.1) is 5.92 Å². The van der Waals surface area contributed by atoms with Gasteiger partial charge in [-0.25, -0.2) is 0 Å². The fourth-order valence-electron chi connectivity index (χ4n) is 2.89. The topological polar surface area (TPSA) is 65.0 Å². The van der Waals surface area contributed by atoms with Crippen LogP contribution in [0.4, 0.5) is 0 Å². The van der Waals surface area contributed by atoms with Crippen LogP contribution in [-0.2, 0) is 4.79 Å². The number of hydrogen-bond acceptors (Lipinski definition) is 4. The SMILES string of the molecule is CC#CC(CC(=O)O)c1ccc(OC[C@H]2COc3ccc(C)cc3O2)cc1. The fraction of sp³-hybridized carbons (Fsp3) is 0.318. The molecular weight excluding hydrogens is 344 g/mol. The van der Waals surface area contributed by atoms with Gasteiger partial charge in [0.25, 0.3) is 0 Å². The van der Waals surface area contributed by atoms with Gasteiger partial charge in [0, 0.05) is 0 Å². The number of carboxylic acids is 1. The molecule has 1 heterocycles. The first kappa shape index (κ1) is 18.7. The number of carboxylic acid groups (broad SMARTS) is 1. The predicted octanol–water partition coefficient (Wildman–Crippen LogP) is 3.80. The van der Waals surface area contributed by atoms with E-state index in [9.17, 15) is 4.79 Å². The maximum absolute atomic E-state index is 11.0. The number of carbonyl (C=O) groups is 1. The lowest BCUT2D eigenvalue weighted by atomic mass is 9.96. The summed E-state index contributed by atoms with van der Waals surface area (Å²) >= 11 is 0. The Morgan fingerprint density at radius 1 is 1.26 bits per heavy atom. The summed E-state index contributed by atoms with van der Waals surface area (Å²) in [5.41, 5.74) is 1.97. The number of ether oxygens (including phenoxy) is 3. The van der Waals surface area contributed by atoms with E-state index in [1.807, 2.05) is 49.4 Å². The number of benzene rings is 2. The van der Waals surface area contributed by atoms with Crippen LogP contribution >= 0.6 is 0 Å². The summed E-state index contributed by atoms with van der Waals surface area (Å²) in [5, 5.41) is 9.02. The van der Waals surface area contributed by atoms with Crippen molar-refractivity contribution in [1.82, 2.24) is 0 Å². The highest BCUT2D eigenvalue weighted by atomic mass is 16.6. The van der Waals surface area contributed by atoms with Gasteiger partial charge in [-0.05, 0) is 49.2 Å². The minimum absolute atomic E-state index is 0.0207. The van der Waals surface area contributed by atoms with Crippen molar-refractivity contribution in [3.63, 3.8) is 0 Å². The molecule has 0 amide bonds. The molecule has 140 valence electrons. The molecule has 3 rings (SSSR count). The number of fused-ring (bicyclic) bond motifs is 1. The summed E-state index contributed by atoms with van der Waals surface area (Å²) in [6.07, 6.45) is -0.211. The molecule has 2 atom stereocenters. The second kappa shape index (κ2) is 8.50. The van der Waals surface area contributed by atoms with Crippen LogP contribution in [-0.4, -0.2) is 30.4 Å². The Balaban J connectivity index is 1.59. The zero-order valence-corrected chi connectivity index (χ0v) is 15.4. The minimum atomic E-state index is -0.868. The van der Waals surface area contributed by atoms with E-state index in [-0.39, 0.29) is 18.4 Å². The van der Waals surface area contributed by atoms with Crippen LogP contribution in [0.15, 0.2) is 42.5 Å². The Morgan fingerprint density at radius 3 is 2.74 bits per heavy atom. The molecule has 0 saturated heterocycles. The zero-order chi connectivity index (χ0) is 19.2. The highest BCUT2D eigenvalue weighted by Crippen LogP contribution is 2.32. The number of aryl methyl sites for hydroxylation is 1. The van der Waals surface area contributed by atoms with E-state index in [0.29, 0.717) is 19.0 Å². The van der Waals surface area contributed by atoms with E-state index in [1.54, 1.807) is 6.92 Å². The van der Waals surface area contributed by atoms with Crippen LogP contribution in [0.25, 0.3) is 0 Å². The molecule has 5 heteroatoms. The van der Waals surface area contributed by atoms with Gasteiger partial charge in [-0.2, -0.15) is 0 Å². The van der Waals surface area contributed by atoms with Crippen molar-refractivity contribution in [2.45, 2.75) is 32.3 Å². The van der Waals surface area contributed by atoms with E-state index >= 15 is 0 Å². The summed E-state index contributed by atoms with van der Waals surface area (Å²) < 4.78 is 17.5. The molecule has 0 fully saturated rings. The van der Waals surface area contributed by atoms with E-state index in [4.69, 9.17) is 19.3 Å². The van der Waals surface area contributed by atoms with E-state index < -0.39 is 5.97 Å². The van der Waals surface area contributed by atoms with Crippen LogP contribution in [0.3, 0.4) is 0 Å². The first-order valence-corrected chi connectivity index (χ1v) is 8.82. The molecule has 27 heavy (non-hydrogen) atoms. The average molecular weight is 366 g/mol. The van der Waals surface area contributed by atoms with Gasteiger partial charge in [0.1, 0.15) is 19.0 Å². The van der Waals surface area contributed by atoms with Crippen LogP contribution in [0, 0.1) is 18.8 Å². The Bertz CT molecular complexity index is 861. The molecule has 0 radical (unpaired) electrons. The largest absolute Gasteiger partial charge is 0.490 e. The van der Waals surface area contributed by atoms with Gasteiger partial charge < -0.3 is 19.3 Å². The molecule has 0 aromatic heterocycles. The summed E-state index contributed by atoms with van der Waals surface area (Å²) in [5.74, 6) is 6.72. The third-order valence-electron chi connectivity index (χ3n) is 4.23. The third-order valence-corrected chi connectivity index (χ3v) is 4.23. The molecular formula is C22H22O5. The summed E-state index contributed by atoms with van der Waals surface area (Å²) in [6.45, 7) is 4.50. The van der Waals surface area contributed by atoms with Crippen molar-refractivity contribution in [3.05, 3.63) is 53.6 Å². The molecule has 0 saturated carbocycles. The van der Waals surface area contributed by atoms with Crippen molar-refractivity contribution in [3.8, 4) is 29.1 Å². The Kier molecular flexibility index (Phi) is 5.87. The first-order valence-electron chi connectivity index (χ1n) is 8.82. The lowest BCUT2D eigenvalue weighted by molar-refractivity contribution is -0.137. The molecule has 1 unspecified atom stereocenters. The van der Waals surface area contributed by atoms with Gasteiger partial charge in [0.05, 0.1) is 12.3 Å². The molecule has 0 aliphatic carbocycles. The average Bonchev–Trinajstić information content (AvgIpc) is 2.66. The van der Waals surface area contributed by atoms with Gasteiger partial charge in [-0.3, -0.25) is 4.79 Å². The Labute approximate surface area is 158 Å². The number of rotatable bonds is 6. The molecule has 2 aromatic carbocycles. The third kappa shape index (κ3) is 4.95. The molecule has 1 aliphatic heterocycles. The van der Waals surface area contributed by atoms with E-state index in [2.05, 4.69) is 11.8 Å². The molecule has 1 N–H and O–H groups in total.